The van der Waals surface area contributed by atoms with E-state index in [2.05, 4.69) is 5.32 Å². The lowest BCUT2D eigenvalue weighted by Crippen LogP contribution is -2.47. The summed E-state index contributed by atoms with van der Waals surface area (Å²) in [6, 6.07) is 8.85. The first-order valence-electron chi connectivity index (χ1n) is 9.57. The summed E-state index contributed by atoms with van der Waals surface area (Å²) in [6.07, 6.45) is 0.275. The molecule has 0 aliphatic carbocycles. The number of carbonyl (C=O) groups excluding carboxylic acids is 1. The van der Waals surface area contributed by atoms with Gasteiger partial charge in [0.1, 0.15) is 12.2 Å². The van der Waals surface area contributed by atoms with Crippen molar-refractivity contribution in [2.24, 2.45) is 0 Å². The number of nitrogens with one attached hydrogen (secondary N) is 1. The van der Waals surface area contributed by atoms with Crippen LogP contribution in [0.25, 0.3) is 0 Å². The smallest absolute Gasteiger partial charge is 0.349 e. The standard InChI is InChI=1S/C21H23NO7/c1-13-10-16(17-11-27-14-4-2-3-5-15(14)28-17)29-20(24)18(13)19(23)22-12-21(25)6-8-26-9-7-21/h2-5,10,17,25H,6-9,11-12H2,1H3,(H,22,23). The molecule has 8 heteroatoms. The molecule has 1 fully saturated rings. The quantitative estimate of drug-likeness (QED) is 0.803. The molecule has 4 rings (SSSR count). The van der Waals surface area contributed by atoms with Gasteiger partial charge in [-0.1, -0.05) is 12.1 Å². The highest BCUT2D eigenvalue weighted by molar-refractivity contribution is 5.95. The summed E-state index contributed by atoms with van der Waals surface area (Å²) < 4.78 is 22.1. The van der Waals surface area contributed by atoms with Gasteiger partial charge in [-0.25, -0.2) is 4.79 Å². The van der Waals surface area contributed by atoms with E-state index in [1.807, 2.05) is 12.1 Å². The molecule has 3 heterocycles. The molecule has 1 unspecified atom stereocenters. The van der Waals surface area contributed by atoms with Crippen molar-refractivity contribution in [1.82, 2.24) is 5.32 Å². The highest BCUT2D eigenvalue weighted by Gasteiger charge is 2.31. The lowest BCUT2D eigenvalue weighted by Gasteiger charge is -2.32. The van der Waals surface area contributed by atoms with Crippen molar-refractivity contribution in [3.05, 3.63) is 57.6 Å². The summed E-state index contributed by atoms with van der Waals surface area (Å²) in [5.74, 6) is 0.913. The van der Waals surface area contributed by atoms with Gasteiger partial charge in [0.25, 0.3) is 5.91 Å². The Hall–Kier alpha value is -2.84. The lowest BCUT2D eigenvalue weighted by atomic mass is 9.94. The molecule has 2 aromatic rings. The zero-order valence-corrected chi connectivity index (χ0v) is 16.1. The van der Waals surface area contributed by atoms with E-state index in [4.69, 9.17) is 18.6 Å². The molecular weight excluding hydrogens is 378 g/mol. The zero-order chi connectivity index (χ0) is 20.4. The topological polar surface area (TPSA) is 107 Å². The third-order valence-electron chi connectivity index (χ3n) is 5.22. The Kier molecular flexibility index (Phi) is 5.29. The predicted octanol–water partition coefficient (Wildman–Crippen LogP) is 1.73. The molecule has 2 aliphatic rings. The van der Waals surface area contributed by atoms with Crippen LogP contribution in [-0.2, 0) is 4.74 Å². The summed E-state index contributed by atoms with van der Waals surface area (Å²) in [5, 5.41) is 13.1. The van der Waals surface area contributed by atoms with E-state index in [0.717, 1.165) is 0 Å². The first-order chi connectivity index (χ1) is 14.0. The second-order valence-electron chi connectivity index (χ2n) is 7.38. The Bertz CT molecular complexity index is 962. The fourth-order valence-corrected chi connectivity index (χ4v) is 3.49. The van der Waals surface area contributed by atoms with Crippen LogP contribution in [0.2, 0.25) is 0 Å². The second-order valence-corrected chi connectivity index (χ2v) is 7.38. The number of fused-ring (bicyclic) bond motifs is 1. The van der Waals surface area contributed by atoms with Crippen LogP contribution in [0.5, 0.6) is 11.5 Å². The van der Waals surface area contributed by atoms with Gasteiger partial charge in [-0.2, -0.15) is 0 Å². The van der Waals surface area contributed by atoms with Gasteiger partial charge in [0.15, 0.2) is 23.4 Å². The van der Waals surface area contributed by atoms with E-state index in [0.29, 0.717) is 48.9 Å². The average molecular weight is 401 g/mol. The largest absolute Gasteiger partial charge is 0.485 e. The molecule has 1 atom stereocenters. The van der Waals surface area contributed by atoms with Crippen molar-refractivity contribution in [2.75, 3.05) is 26.4 Å². The van der Waals surface area contributed by atoms with Gasteiger partial charge in [0.2, 0.25) is 0 Å². The van der Waals surface area contributed by atoms with Gasteiger partial charge in [0.05, 0.1) is 5.60 Å². The molecule has 0 radical (unpaired) electrons. The van der Waals surface area contributed by atoms with Crippen LogP contribution in [-0.4, -0.2) is 43.0 Å². The molecule has 1 aromatic carbocycles. The Balaban J connectivity index is 1.49. The number of amides is 1. The first-order valence-corrected chi connectivity index (χ1v) is 9.57. The van der Waals surface area contributed by atoms with Crippen LogP contribution >= 0.6 is 0 Å². The van der Waals surface area contributed by atoms with Crippen molar-refractivity contribution in [3.63, 3.8) is 0 Å². The average Bonchev–Trinajstić information content (AvgIpc) is 2.72. The van der Waals surface area contributed by atoms with Crippen molar-refractivity contribution >= 4 is 5.91 Å². The van der Waals surface area contributed by atoms with Crippen LogP contribution in [0.15, 0.2) is 39.5 Å². The fraction of sp³-hybridized carbons (Fsp3) is 0.429. The van der Waals surface area contributed by atoms with E-state index in [-0.39, 0.29) is 18.7 Å². The summed E-state index contributed by atoms with van der Waals surface area (Å²) in [4.78, 5) is 25.1. The number of carbonyl (C=O) groups is 1. The summed E-state index contributed by atoms with van der Waals surface area (Å²) in [6.45, 7) is 2.78. The van der Waals surface area contributed by atoms with Gasteiger partial charge in [0, 0.05) is 32.6 Å². The molecule has 1 saturated heterocycles. The molecule has 2 N–H and O–H groups in total. The molecule has 154 valence electrons. The molecule has 0 spiro atoms. The summed E-state index contributed by atoms with van der Waals surface area (Å²) >= 11 is 0. The monoisotopic (exact) mass is 401 g/mol. The lowest BCUT2D eigenvalue weighted by molar-refractivity contribution is -0.0605. The Labute approximate surface area is 167 Å². The third-order valence-corrected chi connectivity index (χ3v) is 5.22. The van der Waals surface area contributed by atoms with Crippen molar-refractivity contribution in [1.29, 1.82) is 0 Å². The van der Waals surface area contributed by atoms with E-state index in [1.54, 1.807) is 25.1 Å². The maximum atomic E-state index is 12.6. The number of hydrogen-bond acceptors (Lipinski definition) is 7. The van der Waals surface area contributed by atoms with Crippen LogP contribution in [0.4, 0.5) is 0 Å². The molecule has 2 aliphatic heterocycles. The number of para-hydroxylation sites is 2. The first kappa shape index (κ1) is 19.5. The normalized spacial score (nSPS) is 20.1. The van der Waals surface area contributed by atoms with Crippen molar-refractivity contribution in [3.8, 4) is 11.5 Å². The molecular formula is C21H23NO7. The van der Waals surface area contributed by atoms with Gasteiger partial charge in [-0.15, -0.1) is 0 Å². The second kappa shape index (κ2) is 7.88. The van der Waals surface area contributed by atoms with E-state index < -0.39 is 23.2 Å². The van der Waals surface area contributed by atoms with E-state index in [1.165, 1.54) is 0 Å². The summed E-state index contributed by atoms with van der Waals surface area (Å²) in [7, 11) is 0. The van der Waals surface area contributed by atoms with E-state index in [9.17, 15) is 14.7 Å². The molecule has 29 heavy (non-hydrogen) atoms. The highest BCUT2D eigenvalue weighted by Crippen LogP contribution is 2.35. The van der Waals surface area contributed by atoms with Crippen molar-refractivity contribution < 1.29 is 28.5 Å². The zero-order valence-electron chi connectivity index (χ0n) is 16.1. The predicted molar refractivity (Wildman–Crippen MR) is 102 cm³/mol. The van der Waals surface area contributed by atoms with Crippen LogP contribution < -0.4 is 20.4 Å². The highest BCUT2D eigenvalue weighted by atomic mass is 16.6. The number of hydrogen-bond donors (Lipinski definition) is 2. The molecule has 8 nitrogen and oxygen atoms in total. The Morgan fingerprint density at radius 2 is 1.97 bits per heavy atom. The number of aliphatic hydroxyl groups is 1. The number of benzene rings is 1. The SMILES string of the molecule is Cc1cc(C2COc3ccccc3O2)oc(=O)c1C(=O)NCC1(O)CCOCC1. The third kappa shape index (κ3) is 4.13. The minimum atomic E-state index is -1.03. The van der Waals surface area contributed by atoms with E-state index >= 15 is 0 Å². The summed E-state index contributed by atoms with van der Waals surface area (Å²) in [5.41, 5.74) is -1.39. The Morgan fingerprint density at radius 3 is 2.69 bits per heavy atom. The minimum absolute atomic E-state index is 0.0478. The maximum Gasteiger partial charge on any atom is 0.349 e. The van der Waals surface area contributed by atoms with Crippen LogP contribution in [0.3, 0.4) is 0 Å². The fourth-order valence-electron chi connectivity index (χ4n) is 3.49. The van der Waals surface area contributed by atoms with Crippen molar-refractivity contribution in [2.45, 2.75) is 31.5 Å². The van der Waals surface area contributed by atoms with Crippen LogP contribution in [0, 0.1) is 6.92 Å². The molecule has 0 saturated carbocycles. The van der Waals surface area contributed by atoms with Gasteiger partial charge in [-0.05, 0) is 30.7 Å². The molecule has 1 amide bonds. The van der Waals surface area contributed by atoms with Gasteiger partial charge < -0.3 is 29.1 Å². The van der Waals surface area contributed by atoms with Crippen LogP contribution in [0.1, 0.15) is 40.6 Å². The number of ether oxygens (including phenoxy) is 3. The maximum absolute atomic E-state index is 12.6. The number of rotatable bonds is 4. The molecule has 1 aromatic heterocycles. The minimum Gasteiger partial charge on any atom is -0.485 e. The molecule has 0 bridgehead atoms. The van der Waals surface area contributed by atoms with Gasteiger partial charge in [-0.3, -0.25) is 4.79 Å². The van der Waals surface area contributed by atoms with Gasteiger partial charge >= 0.3 is 5.63 Å². The number of aryl methyl sites for hydroxylation is 1. The Morgan fingerprint density at radius 1 is 1.24 bits per heavy atom.